The summed E-state index contributed by atoms with van der Waals surface area (Å²) in [5.74, 6) is 0.757. The Labute approximate surface area is 123 Å². The SMILES string of the molecule is CCC1CCCCN1C(=O)c1ccccc1OCBr. The van der Waals surface area contributed by atoms with Gasteiger partial charge in [0.15, 0.2) is 0 Å². The van der Waals surface area contributed by atoms with Crippen LogP contribution in [0.5, 0.6) is 5.75 Å². The predicted molar refractivity (Wildman–Crippen MR) is 79.8 cm³/mol. The Morgan fingerprint density at radius 2 is 2.21 bits per heavy atom. The first-order valence-corrected chi connectivity index (χ1v) is 7.98. The molecule has 1 atom stereocenters. The first-order valence-electron chi connectivity index (χ1n) is 6.86. The number of carbonyl (C=O) groups is 1. The zero-order valence-corrected chi connectivity index (χ0v) is 12.9. The summed E-state index contributed by atoms with van der Waals surface area (Å²) >= 11 is 3.24. The average molecular weight is 326 g/mol. The number of nitrogens with zero attached hydrogens (tertiary/aromatic N) is 1. The fourth-order valence-corrected chi connectivity index (χ4v) is 2.92. The minimum absolute atomic E-state index is 0.100. The van der Waals surface area contributed by atoms with Crippen LogP contribution in [0.15, 0.2) is 24.3 Å². The molecule has 1 aromatic carbocycles. The van der Waals surface area contributed by atoms with Crippen LogP contribution in [0.1, 0.15) is 43.0 Å². The van der Waals surface area contributed by atoms with Gasteiger partial charge in [-0.3, -0.25) is 4.79 Å². The summed E-state index contributed by atoms with van der Waals surface area (Å²) in [5.41, 5.74) is 1.07. The van der Waals surface area contributed by atoms with Crippen molar-refractivity contribution in [2.45, 2.75) is 38.6 Å². The molecule has 104 valence electrons. The molecule has 19 heavy (non-hydrogen) atoms. The predicted octanol–water partition coefficient (Wildman–Crippen LogP) is 3.82. The van der Waals surface area contributed by atoms with Crippen molar-refractivity contribution < 1.29 is 9.53 Å². The maximum Gasteiger partial charge on any atom is 0.257 e. The number of halogens is 1. The molecule has 1 aliphatic heterocycles. The Bertz CT molecular complexity index is 436. The maximum atomic E-state index is 12.7. The van der Waals surface area contributed by atoms with Crippen LogP contribution >= 0.6 is 15.9 Å². The zero-order valence-electron chi connectivity index (χ0n) is 11.3. The van der Waals surface area contributed by atoms with Crippen LogP contribution in [0.2, 0.25) is 0 Å². The van der Waals surface area contributed by atoms with E-state index < -0.39 is 0 Å². The summed E-state index contributed by atoms with van der Waals surface area (Å²) < 4.78 is 5.49. The third kappa shape index (κ3) is 3.30. The van der Waals surface area contributed by atoms with E-state index in [0.29, 0.717) is 22.9 Å². The Morgan fingerprint density at radius 3 is 2.95 bits per heavy atom. The van der Waals surface area contributed by atoms with Crippen molar-refractivity contribution in [3.63, 3.8) is 0 Å². The number of benzene rings is 1. The van der Waals surface area contributed by atoms with Crippen LogP contribution < -0.4 is 4.74 Å². The van der Waals surface area contributed by atoms with Gasteiger partial charge in [0.2, 0.25) is 0 Å². The topological polar surface area (TPSA) is 29.5 Å². The highest BCUT2D eigenvalue weighted by atomic mass is 79.9. The zero-order chi connectivity index (χ0) is 13.7. The largest absolute Gasteiger partial charge is 0.482 e. The molecule has 0 spiro atoms. The standard InChI is InChI=1S/C15H20BrNO2/c1-2-12-7-5-6-10-17(12)15(18)13-8-3-4-9-14(13)19-11-16/h3-4,8-9,12H,2,5-7,10-11H2,1H3. The number of hydrogen-bond acceptors (Lipinski definition) is 2. The molecule has 0 N–H and O–H groups in total. The lowest BCUT2D eigenvalue weighted by Gasteiger charge is -2.35. The monoisotopic (exact) mass is 325 g/mol. The molecule has 3 nitrogen and oxygen atoms in total. The van der Waals surface area contributed by atoms with Crippen LogP contribution in [0.4, 0.5) is 0 Å². The van der Waals surface area contributed by atoms with Crippen molar-refractivity contribution in [3.8, 4) is 5.75 Å². The van der Waals surface area contributed by atoms with Crippen LogP contribution in [0, 0.1) is 0 Å². The van der Waals surface area contributed by atoms with E-state index >= 15 is 0 Å². The van der Waals surface area contributed by atoms with Gasteiger partial charge < -0.3 is 9.64 Å². The van der Waals surface area contributed by atoms with E-state index in [2.05, 4.69) is 22.9 Å². The summed E-state index contributed by atoms with van der Waals surface area (Å²) in [7, 11) is 0. The van der Waals surface area contributed by atoms with Gasteiger partial charge in [0.25, 0.3) is 5.91 Å². The fourth-order valence-electron chi connectivity index (χ4n) is 2.68. The molecule has 0 aromatic heterocycles. The first kappa shape index (κ1) is 14.4. The number of hydrogen-bond donors (Lipinski definition) is 0. The van der Waals surface area contributed by atoms with Gasteiger partial charge in [0.1, 0.15) is 11.3 Å². The van der Waals surface area contributed by atoms with Crippen molar-refractivity contribution in [2.75, 3.05) is 12.1 Å². The van der Waals surface area contributed by atoms with Gasteiger partial charge in [-0.1, -0.05) is 19.1 Å². The number of alkyl halides is 1. The third-order valence-corrected chi connectivity index (χ3v) is 3.92. The van der Waals surface area contributed by atoms with Gasteiger partial charge in [0.05, 0.1) is 5.56 Å². The van der Waals surface area contributed by atoms with Crippen LogP contribution in [0.3, 0.4) is 0 Å². The molecular weight excluding hydrogens is 306 g/mol. The molecule has 1 unspecified atom stereocenters. The minimum atomic E-state index is 0.100. The Balaban J connectivity index is 2.22. The number of para-hydroxylation sites is 1. The van der Waals surface area contributed by atoms with Crippen LogP contribution in [0.25, 0.3) is 0 Å². The second-order valence-electron chi connectivity index (χ2n) is 4.81. The molecular formula is C15H20BrNO2. The highest BCUT2D eigenvalue weighted by Crippen LogP contribution is 2.26. The third-order valence-electron chi connectivity index (χ3n) is 3.69. The van der Waals surface area contributed by atoms with Gasteiger partial charge in [0, 0.05) is 12.6 Å². The van der Waals surface area contributed by atoms with E-state index in [-0.39, 0.29) is 5.91 Å². The number of amides is 1. The highest BCUT2D eigenvalue weighted by Gasteiger charge is 2.27. The molecule has 1 saturated heterocycles. The first-order chi connectivity index (χ1) is 9.27. The Morgan fingerprint density at radius 1 is 1.42 bits per heavy atom. The number of likely N-dealkylation sites (tertiary alicyclic amines) is 1. The molecule has 1 aliphatic rings. The second kappa shape index (κ2) is 6.94. The molecule has 1 aromatic rings. The molecule has 0 saturated carbocycles. The molecule has 2 rings (SSSR count). The summed E-state index contributed by atoms with van der Waals surface area (Å²) in [5, 5.41) is 0. The van der Waals surface area contributed by atoms with Crippen molar-refractivity contribution in [1.82, 2.24) is 4.90 Å². The smallest absolute Gasteiger partial charge is 0.257 e. The molecule has 0 bridgehead atoms. The van der Waals surface area contributed by atoms with Crippen molar-refractivity contribution in [1.29, 1.82) is 0 Å². The Hall–Kier alpha value is -1.03. The number of piperidine rings is 1. The number of rotatable bonds is 4. The number of ether oxygens (including phenoxy) is 1. The summed E-state index contributed by atoms with van der Waals surface area (Å²) in [6.07, 6.45) is 4.46. The van der Waals surface area contributed by atoms with Crippen LogP contribution in [-0.4, -0.2) is 28.9 Å². The van der Waals surface area contributed by atoms with E-state index in [4.69, 9.17) is 4.74 Å². The molecule has 0 aliphatic carbocycles. The summed E-state index contributed by atoms with van der Waals surface area (Å²) in [6.45, 7) is 3.01. The quantitative estimate of drug-likeness (QED) is 0.787. The minimum Gasteiger partial charge on any atom is -0.482 e. The van der Waals surface area contributed by atoms with E-state index in [1.807, 2.05) is 29.2 Å². The lowest BCUT2D eigenvalue weighted by atomic mass is 9.98. The summed E-state index contributed by atoms with van der Waals surface area (Å²) in [4.78, 5) is 14.7. The van der Waals surface area contributed by atoms with Gasteiger partial charge in [-0.05, 0) is 53.7 Å². The lowest BCUT2D eigenvalue weighted by Crippen LogP contribution is -2.43. The normalized spacial score (nSPS) is 19.3. The van der Waals surface area contributed by atoms with Gasteiger partial charge in [-0.25, -0.2) is 0 Å². The molecule has 1 heterocycles. The fraction of sp³-hybridized carbons (Fsp3) is 0.533. The van der Waals surface area contributed by atoms with E-state index in [1.165, 1.54) is 6.42 Å². The molecule has 1 fully saturated rings. The van der Waals surface area contributed by atoms with E-state index in [1.54, 1.807) is 0 Å². The molecule has 0 radical (unpaired) electrons. The number of carbonyl (C=O) groups excluding carboxylic acids is 1. The van der Waals surface area contributed by atoms with Crippen LogP contribution in [-0.2, 0) is 0 Å². The van der Waals surface area contributed by atoms with Gasteiger partial charge in [-0.2, -0.15) is 0 Å². The average Bonchev–Trinajstić information content (AvgIpc) is 2.47. The highest BCUT2D eigenvalue weighted by molar-refractivity contribution is 9.09. The van der Waals surface area contributed by atoms with Gasteiger partial charge in [-0.15, -0.1) is 0 Å². The summed E-state index contributed by atoms with van der Waals surface area (Å²) in [6, 6.07) is 7.85. The second-order valence-corrected chi connectivity index (χ2v) is 5.26. The van der Waals surface area contributed by atoms with Crippen molar-refractivity contribution >= 4 is 21.8 Å². The van der Waals surface area contributed by atoms with Crippen molar-refractivity contribution in [3.05, 3.63) is 29.8 Å². The lowest BCUT2D eigenvalue weighted by molar-refractivity contribution is 0.0604. The molecule has 1 amide bonds. The van der Waals surface area contributed by atoms with E-state index in [9.17, 15) is 4.79 Å². The van der Waals surface area contributed by atoms with Crippen molar-refractivity contribution in [2.24, 2.45) is 0 Å². The van der Waals surface area contributed by atoms with E-state index in [0.717, 1.165) is 25.8 Å². The maximum absolute atomic E-state index is 12.7. The van der Waals surface area contributed by atoms with Gasteiger partial charge >= 0.3 is 0 Å². The Kier molecular flexibility index (Phi) is 5.25. The molecule has 4 heteroatoms.